The van der Waals surface area contributed by atoms with Gasteiger partial charge in [-0.2, -0.15) is 0 Å². The molecule has 1 aromatic heterocycles. The van der Waals surface area contributed by atoms with Gasteiger partial charge < -0.3 is 9.72 Å². The van der Waals surface area contributed by atoms with Crippen molar-refractivity contribution in [3.05, 3.63) is 39.4 Å². The standard InChI is InChI=1S/C13H14N2O2S/c1-17-9-6-8(7-9)15-12(16)10-4-2-3-5-11(10)14-13(15)18/h2-5,8-9H,6-7H2,1H3,(H,14,18). The van der Waals surface area contributed by atoms with Crippen LogP contribution in [0.1, 0.15) is 18.9 Å². The average Bonchev–Trinajstić information content (AvgIpc) is 2.31. The van der Waals surface area contributed by atoms with Crippen LogP contribution in [0.15, 0.2) is 29.1 Å². The molecule has 0 amide bonds. The topological polar surface area (TPSA) is 47.0 Å². The third-order valence-electron chi connectivity index (χ3n) is 3.61. The lowest BCUT2D eigenvalue weighted by Crippen LogP contribution is -2.38. The lowest BCUT2D eigenvalue weighted by Gasteiger charge is -2.35. The van der Waals surface area contributed by atoms with E-state index in [4.69, 9.17) is 17.0 Å². The molecule has 0 spiro atoms. The van der Waals surface area contributed by atoms with Crippen molar-refractivity contribution >= 4 is 23.1 Å². The highest BCUT2D eigenvalue weighted by Crippen LogP contribution is 2.33. The molecule has 0 atom stereocenters. The van der Waals surface area contributed by atoms with E-state index in [2.05, 4.69) is 4.98 Å². The summed E-state index contributed by atoms with van der Waals surface area (Å²) in [7, 11) is 1.70. The third-order valence-corrected chi connectivity index (χ3v) is 3.90. The Bertz CT molecular complexity index is 698. The zero-order chi connectivity index (χ0) is 12.7. The summed E-state index contributed by atoms with van der Waals surface area (Å²) in [6.07, 6.45) is 1.96. The number of fused-ring (bicyclic) bond motifs is 1. The van der Waals surface area contributed by atoms with Crippen molar-refractivity contribution in [2.24, 2.45) is 0 Å². The van der Waals surface area contributed by atoms with Crippen LogP contribution in [0.3, 0.4) is 0 Å². The molecule has 0 saturated heterocycles. The molecular formula is C13H14N2O2S. The van der Waals surface area contributed by atoms with Crippen LogP contribution in [0, 0.1) is 4.77 Å². The summed E-state index contributed by atoms with van der Waals surface area (Å²) in [5.41, 5.74) is 0.792. The van der Waals surface area contributed by atoms with Crippen molar-refractivity contribution in [2.45, 2.75) is 25.0 Å². The fourth-order valence-electron chi connectivity index (χ4n) is 2.45. The molecule has 0 unspecified atom stereocenters. The van der Waals surface area contributed by atoms with E-state index < -0.39 is 0 Å². The molecular weight excluding hydrogens is 248 g/mol. The summed E-state index contributed by atoms with van der Waals surface area (Å²) in [5, 5.41) is 0.687. The molecule has 94 valence electrons. The van der Waals surface area contributed by atoms with Gasteiger partial charge in [-0.1, -0.05) is 12.1 Å². The number of ether oxygens (including phenoxy) is 1. The van der Waals surface area contributed by atoms with E-state index in [1.807, 2.05) is 24.3 Å². The van der Waals surface area contributed by atoms with Gasteiger partial charge in [-0.05, 0) is 37.2 Å². The maximum Gasteiger partial charge on any atom is 0.262 e. The van der Waals surface area contributed by atoms with Gasteiger partial charge in [0.25, 0.3) is 5.56 Å². The molecule has 2 aromatic rings. The van der Waals surface area contributed by atoms with E-state index in [0.29, 0.717) is 10.2 Å². The van der Waals surface area contributed by atoms with Crippen molar-refractivity contribution in [1.29, 1.82) is 0 Å². The fraction of sp³-hybridized carbons (Fsp3) is 0.385. The van der Waals surface area contributed by atoms with Gasteiger partial charge in [-0.15, -0.1) is 0 Å². The molecule has 1 fully saturated rings. The first-order valence-electron chi connectivity index (χ1n) is 5.97. The van der Waals surface area contributed by atoms with E-state index in [1.54, 1.807) is 11.7 Å². The number of rotatable bonds is 2. The van der Waals surface area contributed by atoms with Gasteiger partial charge in [0.05, 0.1) is 17.0 Å². The number of aromatic nitrogens is 2. The zero-order valence-corrected chi connectivity index (χ0v) is 10.9. The van der Waals surface area contributed by atoms with Crippen LogP contribution in [0.25, 0.3) is 10.9 Å². The van der Waals surface area contributed by atoms with Gasteiger partial charge in [0.1, 0.15) is 0 Å². The van der Waals surface area contributed by atoms with E-state index >= 15 is 0 Å². The van der Waals surface area contributed by atoms with Crippen LogP contribution in [0.4, 0.5) is 0 Å². The molecule has 1 heterocycles. The number of benzene rings is 1. The minimum Gasteiger partial charge on any atom is -0.381 e. The maximum absolute atomic E-state index is 12.4. The first-order valence-corrected chi connectivity index (χ1v) is 6.38. The lowest BCUT2D eigenvalue weighted by molar-refractivity contribution is 0.00460. The Morgan fingerprint density at radius 2 is 2.11 bits per heavy atom. The Morgan fingerprint density at radius 1 is 1.39 bits per heavy atom. The number of nitrogens with zero attached hydrogens (tertiary/aromatic N) is 1. The number of hydrogen-bond donors (Lipinski definition) is 1. The first-order chi connectivity index (χ1) is 8.70. The summed E-state index contributed by atoms with van der Waals surface area (Å²) in [6.45, 7) is 0. The Hall–Kier alpha value is -1.46. The van der Waals surface area contributed by atoms with Gasteiger partial charge >= 0.3 is 0 Å². The molecule has 3 rings (SSSR count). The second-order valence-electron chi connectivity index (χ2n) is 4.63. The summed E-state index contributed by atoms with van der Waals surface area (Å²) >= 11 is 5.28. The number of nitrogens with one attached hydrogen (secondary N) is 1. The van der Waals surface area contributed by atoms with E-state index in [9.17, 15) is 4.79 Å². The minimum atomic E-state index is -0.00565. The van der Waals surface area contributed by atoms with Crippen molar-refractivity contribution in [2.75, 3.05) is 7.11 Å². The summed E-state index contributed by atoms with van der Waals surface area (Å²) in [4.78, 5) is 15.5. The number of hydrogen-bond acceptors (Lipinski definition) is 3. The van der Waals surface area contributed by atoms with E-state index in [-0.39, 0.29) is 17.7 Å². The Morgan fingerprint density at radius 3 is 2.83 bits per heavy atom. The molecule has 0 aliphatic heterocycles. The Labute approximate surface area is 109 Å². The van der Waals surface area contributed by atoms with E-state index in [1.165, 1.54) is 0 Å². The highest BCUT2D eigenvalue weighted by Gasteiger charge is 2.31. The molecule has 1 aliphatic rings. The maximum atomic E-state index is 12.4. The fourth-order valence-corrected chi connectivity index (χ4v) is 2.79. The first kappa shape index (κ1) is 11.6. The Kier molecular flexibility index (Phi) is 2.80. The molecule has 18 heavy (non-hydrogen) atoms. The largest absolute Gasteiger partial charge is 0.381 e. The Balaban J connectivity index is 2.13. The minimum absolute atomic E-state index is 0.00565. The predicted molar refractivity (Wildman–Crippen MR) is 72.5 cm³/mol. The lowest BCUT2D eigenvalue weighted by atomic mass is 9.89. The second kappa shape index (κ2) is 4.33. The molecule has 1 N–H and O–H groups in total. The second-order valence-corrected chi connectivity index (χ2v) is 5.02. The summed E-state index contributed by atoms with van der Waals surface area (Å²) in [5.74, 6) is 0. The van der Waals surface area contributed by atoms with Crippen molar-refractivity contribution in [1.82, 2.24) is 9.55 Å². The number of aromatic amines is 1. The molecule has 1 saturated carbocycles. The van der Waals surface area contributed by atoms with Gasteiger partial charge in [0.15, 0.2) is 4.77 Å². The molecule has 5 heteroatoms. The van der Waals surface area contributed by atoms with Crippen LogP contribution >= 0.6 is 12.2 Å². The number of H-pyrrole nitrogens is 1. The van der Waals surface area contributed by atoms with Crippen LogP contribution in [0.2, 0.25) is 0 Å². The number of methoxy groups -OCH3 is 1. The van der Waals surface area contributed by atoms with Crippen LogP contribution in [-0.2, 0) is 4.74 Å². The highest BCUT2D eigenvalue weighted by atomic mass is 32.1. The predicted octanol–water partition coefficient (Wildman–Crippen LogP) is 2.41. The van der Waals surface area contributed by atoms with Crippen LogP contribution in [-0.4, -0.2) is 22.8 Å². The van der Waals surface area contributed by atoms with E-state index in [0.717, 1.165) is 18.4 Å². The summed E-state index contributed by atoms with van der Waals surface area (Å²) < 4.78 is 7.43. The van der Waals surface area contributed by atoms with Gasteiger partial charge in [-0.25, -0.2) is 0 Å². The van der Waals surface area contributed by atoms with Crippen molar-refractivity contribution < 1.29 is 4.74 Å². The third kappa shape index (κ3) is 1.71. The van der Waals surface area contributed by atoms with Crippen molar-refractivity contribution in [3.63, 3.8) is 0 Å². The monoisotopic (exact) mass is 262 g/mol. The molecule has 0 bridgehead atoms. The molecule has 1 aromatic carbocycles. The highest BCUT2D eigenvalue weighted by molar-refractivity contribution is 7.71. The SMILES string of the molecule is COC1CC(n2c(=S)[nH]c3ccccc3c2=O)C1. The van der Waals surface area contributed by atoms with Gasteiger partial charge in [0.2, 0.25) is 0 Å². The van der Waals surface area contributed by atoms with Crippen LogP contribution in [0.5, 0.6) is 0 Å². The van der Waals surface area contributed by atoms with Gasteiger partial charge in [0, 0.05) is 13.2 Å². The molecule has 0 radical (unpaired) electrons. The smallest absolute Gasteiger partial charge is 0.262 e. The molecule has 1 aliphatic carbocycles. The summed E-state index contributed by atoms with van der Waals surface area (Å²) in [6, 6.07) is 7.61. The average molecular weight is 262 g/mol. The zero-order valence-electron chi connectivity index (χ0n) is 10.1. The number of para-hydroxylation sites is 1. The van der Waals surface area contributed by atoms with Gasteiger partial charge in [-0.3, -0.25) is 9.36 Å². The normalized spacial score (nSPS) is 22.9. The quantitative estimate of drug-likeness (QED) is 0.845. The molecule has 4 nitrogen and oxygen atoms in total. The van der Waals surface area contributed by atoms with Crippen LogP contribution < -0.4 is 5.56 Å². The van der Waals surface area contributed by atoms with Crippen molar-refractivity contribution in [3.8, 4) is 0 Å².